The largest absolute Gasteiger partial charge is 0.382 e. The summed E-state index contributed by atoms with van der Waals surface area (Å²) in [6, 6.07) is 0. The van der Waals surface area contributed by atoms with Gasteiger partial charge in [-0.3, -0.25) is 4.79 Å². The highest BCUT2D eigenvalue weighted by molar-refractivity contribution is 7.18. The number of nitrogens with two attached hydrogens (primary N) is 1. The van der Waals surface area contributed by atoms with Gasteiger partial charge in [0.05, 0.1) is 0 Å². The number of hydrogen-bond acceptors (Lipinski definition) is 5. The highest BCUT2D eigenvalue weighted by atomic mass is 32.1. The fourth-order valence-corrected chi connectivity index (χ4v) is 2.77. The Bertz CT molecular complexity index is 492. The van der Waals surface area contributed by atoms with Crippen molar-refractivity contribution in [3.8, 4) is 0 Å². The topological polar surface area (TPSA) is 62.5 Å². The van der Waals surface area contributed by atoms with Crippen molar-refractivity contribution in [1.29, 1.82) is 0 Å². The predicted octanol–water partition coefficient (Wildman–Crippen LogP) is 1.58. The molecular formula is C12H18N4OS. The second-order valence-electron chi connectivity index (χ2n) is 4.67. The summed E-state index contributed by atoms with van der Waals surface area (Å²) in [6.45, 7) is 3.49. The number of carbonyl (C=O) groups is 1. The van der Waals surface area contributed by atoms with Crippen LogP contribution in [0, 0.1) is 0 Å². The molecule has 0 saturated heterocycles. The number of thiazole rings is 1. The third-order valence-electron chi connectivity index (χ3n) is 2.84. The molecule has 1 amide bonds. The molecule has 0 aromatic carbocycles. The van der Waals surface area contributed by atoms with Crippen molar-refractivity contribution in [1.82, 2.24) is 9.88 Å². The molecule has 1 aromatic rings. The average molecular weight is 266 g/mol. The first kappa shape index (κ1) is 12.9. The van der Waals surface area contributed by atoms with Gasteiger partial charge in [-0.25, -0.2) is 4.98 Å². The molecule has 2 heterocycles. The van der Waals surface area contributed by atoms with Crippen LogP contribution in [0.4, 0.5) is 10.9 Å². The van der Waals surface area contributed by atoms with Crippen molar-refractivity contribution in [2.24, 2.45) is 0 Å². The smallest absolute Gasteiger partial charge is 0.268 e. The molecular weight excluding hydrogens is 248 g/mol. The highest BCUT2D eigenvalue weighted by Gasteiger charge is 2.23. The number of anilines is 2. The maximum atomic E-state index is 12.4. The van der Waals surface area contributed by atoms with E-state index in [0.717, 1.165) is 18.1 Å². The maximum Gasteiger partial charge on any atom is 0.268 e. The average Bonchev–Trinajstić information content (AvgIpc) is 2.70. The lowest BCUT2D eigenvalue weighted by Crippen LogP contribution is -2.35. The van der Waals surface area contributed by atoms with E-state index in [-0.39, 0.29) is 5.91 Å². The van der Waals surface area contributed by atoms with Crippen molar-refractivity contribution >= 4 is 28.2 Å². The normalized spacial score (nSPS) is 15.5. The molecule has 0 aliphatic carbocycles. The molecule has 2 rings (SSSR count). The summed E-state index contributed by atoms with van der Waals surface area (Å²) in [4.78, 5) is 20.8. The third kappa shape index (κ3) is 2.48. The molecule has 0 bridgehead atoms. The maximum absolute atomic E-state index is 12.4. The van der Waals surface area contributed by atoms with Gasteiger partial charge in [0.1, 0.15) is 10.7 Å². The number of carbonyl (C=O) groups excluding carboxylic acids is 1. The van der Waals surface area contributed by atoms with Gasteiger partial charge >= 0.3 is 0 Å². The number of rotatable bonds is 2. The minimum absolute atomic E-state index is 0.00875. The van der Waals surface area contributed by atoms with Crippen LogP contribution in [0.2, 0.25) is 0 Å². The number of amides is 1. The minimum atomic E-state index is -0.00875. The molecule has 0 fully saturated rings. The molecule has 1 aliphatic rings. The lowest BCUT2D eigenvalue weighted by molar-refractivity contribution is 0.0771. The first-order chi connectivity index (χ1) is 8.49. The fourth-order valence-electron chi connectivity index (χ4n) is 1.89. The monoisotopic (exact) mass is 266 g/mol. The molecule has 0 atom stereocenters. The van der Waals surface area contributed by atoms with E-state index in [1.54, 1.807) is 0 Å². The van der Waals surface area contributed by atoms with Gasteiger partial charge in [-0.05, 0) is 13.3 Å². The fraction of sp³-hybridized carbons (Fsp3) is 0.500. The van der Waals surface area contributed by atoms with Gasteiger partial charge < -0.3 is 15.5 Å². The summed E-state index contributed by atoms with van der Waals surface area (Å²) in [6.07, 6.45) is 3.09. The molecule has 5 nitrogen and oxygen atoms in total. The van der Waals surface area contributed by atoms with Gasteiger partial charge in [0, 0.05) is 27.2 Å². The summed E-state index contributed by atoms with van der Waals surface area (Å²) in [5, 5.41) is 0.764. The van der Waals surface area contributed by atoms with Crippen molar-refractivity contribution in [3.05, 3.63) is 16.5 Å². The van der Waals surface area contributed by atoms with E-state index >= 15 is 0 Å². The Balaban J connectivity index is 2.21. The summed E-state index contributed by atoms with van der Waals surface area (Å²) < 4.78 is 0. The number of hydrogen-bond donors (Lipinski definition) is 1. The van der Waals surface area contributed by atoms with E-state index in [9.17, 15) is 4.79 Å². The van der Waals surface area contributed by atoms with Crippen LogP contribution in [0.25, 0.3) is 0 Å². The Morgan fingerprint density at radius 2 is 2.28 bits per heavy atom. The van der Waals surface area contributed by atoms with E-state index in [1.807, 2.05) is 30.8 Å². The minimum Gasteiger partial charge on any atom is -0.382 e. The third-order valence-corrected chi connectivity index (χ3v) is 4.07. The molecule has 0 spiro atoms. The van der Waals surface area contributed by atoms with Crippen molar-refractivity contribution in [2.75, 3.05) is 37.8 Å². The summed E-state index contributed by atoms with van der Waals surface area (Å²) in [5.41, 5.74) is 7.06. The van der Waals surface area contributed by atoms with E-state index in [1.165, 1.54) is 16.9 Å². The first-order valence-corrected chi connectivity index (χ1v) is 6.69. The molecule has 0 radical (unpaired) electrons. The zero-order chi connectivity index (χ0) is 13.3. The number of aromatic nitrogens is 1. The molecule has 2 N–H and O–H groups in total. The first-order valence-electron chi connectivity index (χ1n) is 5.87. The van der Waals surface area contributed by atoms with Gasteiger partial charge in [0.2, 0.25) is 0 Å². The Kier molecular flexibility index (Phi) is 3.56. The second-order valence-corrected chi connectivity index (χ2v) is 5.65. The molecule has 1 aliphatic heterocycles. The molecule has 1 aromatic heterocycles. The number of nitrogens with zero attached hydrogens (tertiary/aromatic N) is 3. The molecule has 6 heteroatoms. The Morgan fingerprint density at radius 3 is 2.83 bits per heavy atom. The molecule has 18 heavy (non-hydrogen) atoms. The standard InChI is InChI=1S/C12H18N4OS/c1-8-5-4-6-16(7-8)11(17)9-10(13)14-12(18-9)15(2)3/h5H,4,6-7,13H2,1-3H3. The zero-order valence-corrected chi connectivity index (χ0v) is 11.8. The van der Waals surface area contributed by atoms with Crippen LogP contribution in [-0.4, -0.2) is 43.0 Å². The summed E-state index contributed by atoms with van der Waals surface area (Å²) in [7, 11) is 3.78. The summed E-state index contributed by atoms with van der Waals surface area (Å²) in [5.74, 6) is 0.325. The van der Waals surface area contributed by atoms with Gasteiger partial charge in [0.25, 0.3) is 5.91 Å². The second kappa shape index (κ2) is 4.97. The van der Waals surface area contributed by atoms with E-state index in [0.29, 0.717) is 17.2 Å². The van der Waals surface area contributed by atoms with E-state index in [2.05, 4.69) is 11.1 Å². The van der Waals surface area contributed by atoms with Gasteiger partial charge in [-0.2, -0.15) is 0 Å². The zero-order valence-electron chi connectivity index (χ0n) is 10.9. The van der Waals surface area contributed by atoms with Crippen molar-refractivity contribution in [3.63, 3.8) is 0 Å². The van der Waals surface area contributed by atoms with Crippen molar-refractivity contribution < 1.29 is 4.79 Å². The molecule has 0 unspecified atom stereocenters. The van der Waals surface area contributed by atoms with Crippen LogP contribution in [-0.2, 0) is 0 Å². The quantitative estimate of drug-likeness (QED) is 0.826. The lowest BCUT2D eigenvalue weighted by atomic mass is 10.1. The highest BCUT2D eigenvalue weighted by Crippen LogP contribution is 2.28. The van der Waals surface area contributed by atoms with Crippen LogP contribution in [0.3, 0.4) is 0 Å². The van der Waals surface area contributed by atoms with Crippen LogP contribution in [0.15, 0.2) is 11.6 Å². The Morgan fingerprint density at radius 1 is 1.56 bits per heavy atom. The molecule has 98 valence electrons. The van der Waals surface area contributed by atoms with Gasteiger partial charge in [0.15, 0.2) is 5.13 Å². The van der Waals surface area contributed by atoms with Crippen molar-refractivity contribution in [2.45, 2.75) is 13.3 Å². The SMILES string of the molecule is CC1=CCCN(C(=O)c2sc(N(C)C)nc2N)C1. The van der Waals surface area contributed by atoms with E-state index in [4.69, 9.17) is 5.73 Å². The van der Waals surface area contributed by atoms with E-state index < -0.39 is 0 Å². The van der Waals surface area contributed by atoms with Crippen LogP contribution in [0.1, 0.15) is 23.0 Å². The van der Waals surface area contributed by atoms with Crippen LogP contribution >= 0.6 is 11.3 Å². The Labute approximate surface area is 111 Å². The summed E-state index contributed by atoms with van der Waals surface area (Å²) >= 11 is 1.35. The van der Waals surface area contributed by atoms with Crippen LogP contribution < -0.4 is 10.6 Å². The lowest BCUT2D eigenvalue weighted by Gasteiger charge is -2.25. The number of nitrogen functional groups attached to an aromatic ring is 1. The van der Waals surface area contributed by atoms with Gasteiger partial charge in [-0.1, -0.05) is 23.0 Å². The van der Waals surface area contributed by atoms with Crippen LogP contribution in [0.5, 0.6) is 0 Å². The predicted molar refractivity (Wildman–Crippen MR) is 75.1 cm³/mol. The van der Waals surface area contributed by atoms with Gasteiger partial charge in [-0.15, -0.1) is 0 Å². The Hall–Kier alpha value is -1.56. The molecule has 0 saturated carbocycles.